The number of sulfonamides is 1. The Balaban J connectivity index is 2.03. The van der Waals surface area contributed by atoms with Gasteiger partial charge in [-0.15, -0.1) is 0 Å². The molecule has 0 aromatic heterocycles. The number of amides is 1. The molecular formula is C14H26N2O4S. The molecule has 0 spiro atoms. The van der Waals surface area contributed by atoms with E-state index >= 15 is 0 Å². The normalized spacial score (nSPS) is 32.4. The third-order valence-corrected chi connectivity index (χ3v) is 5.78. The number of piperidine rings is 1. The average molecular weight is 318 g/mol. The van der Waals surface area contributed by atoms with Crippen molar-refractivity contribution < 1.29 is 18.3 Å². The van der Waals surface area contributed by atoms with E-state index in [1.807, 2.05) is 0 Å². The van der Waals surface area contributed by atoms with Gasteiger partial charge in [0, 0.05) is 6.54 Å². The molecule has 1 saturated carbocycles. The van der Waals surface area contributed by atoms with Crippen molar-refractivity contribution in [3.05, 3.63) is 0 Å². The van der Waals surface area contributed by atoms with Crippen LogP contribution in [-0.4, -0.2) is 54.7 Å². The van der Waals surface area contributed by atoms with E-state index in [9.17, 15) is 18.3 Å². The third-order valence-electron chi connectivity index (χ3n) is 4.49. The number of rotatable bonds is 3. The molecule has 0 radical (unpaired) electrons. The largest absolute Gasteiger partial charge is 0.391 e. The zero-order valence-corrected chi connectivity index (χ0v) is 13.4. The number of carbonyl (C=O) groups excluding carboxylic acids is 1. The SMILES string of the molecule is CS(=O)(=O)N1CCCCC1C(=O)NC1CCCCCC1O. The lowest BCUT2D eigenvalue weighted by atomic mass is 10.0. The first-order chi connectivity index (χ1) is 9.89. The van der Waals surface area contributed by atoms with Crippen molar-refractivity contribution in [3.8, 4) is 0 Å². The lowest BCUT2D eigenvalue weighted by Crippen LogP contribution is -2.55. The summed E-state index contributed by atoms with van der Waals surface area (Å²) in [5.74, 6) is -0.258. The molecule has 7 heteroatoms. The number of nitrogens with one attached hydrogen (secondary N) is 1. The molecule has 3 atom stereocenters. The summed E-state index contributed by atoms with van der Waals surface area (Å²) in [6.07, 6.45) is 7.34. The highest BCUT2D eigenvalue weighted by molar-refractivity contribution is 7.88. The van der Waals surface area contributed by atoms with Crippen molar-refractivity contribution in [2.24, 2.45) is 0 Å². The Kier molecular flexibility index (Phi) is 5.62. The Morgan fingerprint density at radius 2 is 1.76 bits per heavy atom. The van der Waals surface area contributed by atoms with E-state index in [1.165, 1.54) is 4.31 Å². The van der Waals surface area contributed by atoms with Gasteiger partial charge in [-0.25, -0.2) is 8.42 Å². The van der Waals surface area contributed by atoms with Crippen LogP contribution in [0.1, 0.15) is 51.4 Å². The Morgan fingerprint density at radius 1 is 1.10 bits per heavy atom. The van der Waals surface area contributed by atoms with Gasteiger partial charge in [0.05, 0.1) is 18.4 Å². The van der Waals surface area contributed by atoms with Gasteiger partial charge in [0.1, 0.15) is 6.04 Å². The van der Waals surface area contributed by atoms with Gasteiger partial charge in [0.2, 0.25) is 15.9 Å². The third kappa shape index (κ3) is 4.40. The van der Waals surface area contributed by atoms with Gasteiger partial charge in [0.15, 0.2) is 0 Å². The van der Waals surface area contributed by atoms with Crippen LogP contribution in [0.2, 0.25) is 0 Å². The topological polar surface area (TPSA) is 86.7 Å². The van der Waals surface area contributed by atoms with Gasteiger partial charge < -0.3 is 10.4 Å². The van der Waals surface area contributed by atoms with E-state index in [0.717, 1.165) is 44.8 Å². The minimum absolute atomic E-state index is 0.247. The van der Waals surface area contributed by atoms with Crippen LogP contribution in [0.5, 0.6) is 0 Å². The van der Waals surface area contributed by atoms with Gasteiger partial charge in [-0.1, -0.05) is 25.7 Å². The van der Waals surface area contributed by atoms with E-state index in [0.29, 0.717) is 19.4 Å². The molecule has 0 bridgehead atoms. The summed E-state index contributed by atoms with van der Waals surface area (Å²) in [6.45, 7) is 0.407. The lowest BCUT2D eigenvalue weighted by molar-refractivity contribution is -0.127. The molecule has 1 amide bonds. The number of hydrogen-bond acceptors (Lipinski definition) is 4. The number of hydrogen-bond donors (Lipinski definition) is 2. The predicted octanol–water partition coefficient (Wildman–Crippen LogP) is 0.610. The summed E-state index contributed by atoms with van der Waals surface area (Å²) in [5.41, 5.74) is 0. The van der Waals surface area contributed by atoms with Crippen LogP contribution < -0.4 is 5.32 Å². The summed E-state index contributed by atoms with van der Waals surface area (Å²) in [7, 11) is -3.37. The standard InChI is InChI=1S/C14H26N2O4S/c1-21(19,20)16-10-6-5-8-12(16)14(18)15-11-7-3-2-4-9-13(11)17/h11-13,17H,2-10H2,1H3,(H,15,18). The summed E-state index contributed by atoms with van der Waals surface area (Å²) >= 11 is 0. The molecule has 2 N–H and O–H groups in total. The van der Waals surface area contributed by atoms with Crippen molar-refractivity contribution in [2.45, 2.75) is 69.6 Å². The van der Waals surface area contributed by atoms with Gasteiger partial charge in [-0.3, -0.25) is 4.79 Å². The van der Waals surface area contributed by atoms with Crippen LogP contribution in [0, 0.1) is 0 Å². The highest BCUT2D eigenvalue weighted by atomic mass is 32.2. The molecule has 21 heavy (non-hydrogen) atoms. The quantitative estimate of drug-likeness (QED) is 0.747. The molecule has 0 aromatic rings. The highest BCUT2D eigenvalue weighted by Gasteiger charge is 2.36. The smallest absolute Gasteiger partial charge is 0.238 e. The first-order valence-corrected chi connectivity index (χ1v) is 9.69. The molecule has 1 aliphatic heterocycles. The number of aliphatic hydroxyl groups is 1. The van der Waals surface area contributed by atoms with Crippen LogP contribution in [0.25, 0.3) is 0 Å². The van der Waals surface area contributed by atoms with Gasteiger partial charge >= 0.3 is 0 Å². The maximum absolute atomic E-state index is 12.5. The van der Waals surface area contributed by atoms with Crippen LogP contribution in [0.3, 0.4) is 0 Å². The predicted molar refractivity (Wildman–Crippen MR) is 80.2 cm³/mol. The first-order valence-electron chi connectivity index (χ1n) is 7.85. The average Bonchev–Trinajstić information content (AvgIpc) is 2.63. The van der Waals surface area contributed by atoms with Gasteiger partial charge in [0.25, 0.3) is 0 Å². The van der Waals surface area contributed by atoms with E-state index in [1.54, 1.807) is 0 Å². The first kappa shape index (κ1) is 16.7. The van der Waals surface area contributed by atoms with E-state index < -0.39 is 22.2 Å². The number of carbonyl (C=O) groups is 1. The lowest BCUT2D eigenvalue weighted by Gasteiger charge is -2.34. The summed E-state index contributed by atoms with van der Waals surface area (Å²) in [4.78, 5) is 12.5. The van der Waals surface area contributed by atoms with E-state index in [-0.39, 0.29) is 11.9 Å². The van der Waals surface area contributed by atoms with Crippen LogP contribution >= 0.6 is 0 Å². The van der Waals surface area contributed by atoms with Crippen molar-refractivity contribution in [1.29, 1.82) is 0 Å². The van der Waals surface area contributed by atoms with E-state index in [4.69, 9.17) is 0 Å². The number of nitrogens with zero attached hydrogens (tertiary/aromatic N) is 1. The minimum atomic E-state index is -3.37. The maximum Gasteiger partial charge on any atom is 0.238 e. The molecule has 1 saturated heterocycles. The summed E-state index contributed by atoms with van der Waals surface area (Å²) in [6, 6.07) is -0.868. The highest BCUT2D eigenvalue weighted by Crippen LogP contribution is 2.22. The molecule has 0 aromatic carbocycles. The molecule has 2 aliphatic rings. The Hall–Kier alpha value is -0.660. The molecule has 6 nitrogen and oxygen atoms in total. The maximum atomic E-state index is 12.5. The Labute approximate surface area is 126 Å². The molecule has 1 heterocycles. The second-order valence-corrected chi connectivity index (χ2v) is 8.14. The van der Waals surface area contributed by atoms with E-state index in [2.05, 4.69) is 5.32 Å². The molecule has 2 fully saturated rings. The molecule has 2 rings (SSSR count). The van der Waals surface area contributed by atoms with Crippen LogP contribution in [0.4, 0.5) is 0 Å². The Bertz CT molecular complexity index is 466. The second-order valence-electron chi connectivity index (χ2n) is 6.21. The second kappa shape index (κ2) is 7.07. The molecular weight excluding hydrogens is 292 g/mol. The van der Waals surface area contributed by atoms with Crippen LogP contribution in [-0.2, 0) is 14.8 Å². The fourth-order valence-electron chi connectivity index (χ4n) is 3.30. The zero-order valence-electron chi connectivity index (χ0n) is 12.6. The molecule has 1 aliphatic carbocycles. The number of aliphatic hydroxyl groups excluding tert-OH is 1. The van der Waals surface area contributed by atoms with Gasteiger partial charge in [-0.2, -0.15) is 4.31 Å². The van der Waals surface area contributed by atoms with Gasteiger partial charge in [-0.05, 0) is 25.7 Å². The van der Waals surface area contributed by atoms with Crippen molar-refractivity contribution in [2.75, 3.05) is 12.8 Å². The molecule has 3 unspecified atom stereocenters. The Morgan fingerprint density at radius 3 is 2.48 bits per heavy atom. The fourth-order valence-corrected chi connectivity index (χ4v) is 4.42. The summed E-state index contributed by atoms with van der Waals surface area (Å²) < 4.78 is 24.9. The summed E-state index contributed by atoms with van der Waals surface area (Å²) in [5, 5.41) is 13.0. The van der Waals surface area contributed by atoms with Crippen molar-refractivity contribution in [3.63, 3.8) is 0 Å². The molecule has 122 valence electrons. The van der Waals surface area contributed by atoms with Crippen molar-refractivity contribution >= 4 is 15.9 Å². The van der Waals surface area contributed by atoms with Crippen LogP contribution in [0.15, 0.2) is 0 Å². The minimum Gasteiger partial charge on any atom is -0.391 e. The zero-order chi connectivity index (χ0) is 15.5. The monoisotopic (exact) mass is 318 g/mol. The van der Waals surface area contributed by atoms with Crippen molar-refractivity contribution in [1.82, 2.24) is 9.62 Å². The fraction of sp³-hybridized carbons (Fsp3) is 0.929.